The van der Waals surface area contributed by atoms with Gasteiger partial charge in [-0.05, 0) is 49.2 Å². The normalized spacial score (nSPS) is 19.5. The minimum Gasteiger partial charge on any atom is -0.497 e. The molecule has 5 nitrogen and oxygen atoms in total. The van der Waals surface area contributed by atoms with E-state index in [0.717, 1.165) is 11.3 Å². The molecule has 5 heteroatoms. The summed E-state index contributed by atoms with van der Waals surface area (Å²) in [6, 6.07) is 14.4. The monoisotopic (exact) mass is 324 g/mol. The number of rotatable bonds is 3. The molecule has 2 amide bonds. The SMILES string of the molecule is COc1ccc(C(=O)N2c3ccccc3[C@H](C(N)=O)C[C@H]2C)cc1. The molecule has 0 radical (unpaired) electrons. The number of primary amides is 1. The van der Waals surface area contributed by atoms with Gasteiger partial charge in [0.15, 0.2) is 0 Å². The summed E-state index contributed by atoms with van der Waals surface area (Å²) >= 11 is 0. The largest absolute Gasteiger partial charge is 0.497 e. The number of carbonyl (C=O) groups is 2. The third kappa shape index (κ3) is 2.73. The van der Waals surface area contributed by atoms with Crippen LogP contribution in [0.1, 0.15) is 35.2 Å². The van der Waals surface area contributed by atoms with Crippen molar-refractivity contribution in [2.24, 2.45) is 5.73 Å². The number of fused-ring (bicyclic) bond motifs is 1. The van der Waals surface area contributed by atoms with E-state index in [4.69, 9.17) is 10.5 Å². The molecule has 2 aromatic rings. The molecule has 1 heterocycles. The van der Waals surface area contributed by atoms with E-state index in [-0.39, 0.29) is 23.8 Å². The number of ether oxygens (including phenoxy) is 1. The lowest BCUT2D eigenvalue weighted by molar-refractivity contribution is -0.119. The molecule has 3 rings (SSSR count). The molecule has 2 N–H and O–H groups in total. The first-order valence-corrected chi connectivity index (χ1v) is 7.88. The molecule has 0 aromatic heterocycles. The Hall–Kier alpha value is -2.82. The van der Waals surface area contributed by atoms with Gasteiger partial charge in [-0.3, -0.25) is 9.59 Å². The van der Waals surface area contributed by atoms with Crippen molar-refractivity contribution in [3.8, 4) is 5.75 Å². The van der Waals surface area contributed by atoms with Crippen molar-refractivity contribution in [3.05, 3.63) is 59.7 Å². The Labute approximate surface area is 141 Å². The molecule has 0 aliphatic carbocycles. The third-order valence-electron chi connectivity index (χ3n) is 4.49. The highest BCUT2D eigenvalue weighted by Crippen LogP contribution is 2.39. The van der Waals surface area contributed by atoms with Gasteiger partial charge in [0.2, 0.25) is 5.91 Å². The maximum atomic E-state index is 13.0. The second kappa shape index (κ2) is 6.35. The van der Waals surface area contributed by atoms with Gasteiger partial charge in [-0.15, -0.1) is 0 Å². The van der Waals surface area contributed by atoms with Gasteiger partial charge < -0.3 is 15.4 Å². The van der Waals surface area contributed by atoms with E-state index in [2.05, 4.69) is 0 Å². The average molecular weight is 324 g/mol. The first-order valence-electron chi connectivity index (χ1n) is 7.88. The number of para-hydroxylation sites is 1. The number of nitrogens with two attached hydrogens (primary N) is 1. The summed E-state index contributed by atoms with van der Waals surface area (Å²) in [5, 5.41) is 0. The van der Waals surface area contributed by atoms with Gasteiger partial charge in [0, 0.05) is 17.3 Å². The van der Waals surface area contributed by atoms with Crippen LogP contribution in [0.2, 0.25) is 0 Å². The molecule has 124 valence electrons. The zero-order valence-corrected chi connectivity index (χ0v) is 13.7. The van der Waals surface area contributed by atoms with Gasteiger partial charge in [0.1, 0.15) is 5.75 Å². The lowest BCUT2D eigenvalue weighted by Gasteiger charge is -2.38. The summed E-state index contributed by atoms with van der Waals surface area (Å²) in [5.74, 6) is -0.116. The number of carbonyl (C=O) groups excluding carboxylic acids is 2. The lowest BCUT2D eigenvalue weighted by Crippen LogP contribution is -2.45. The van der Waals surface area contributed by atoms with E-state index in [1.54, 1.807) is 36.3 Å². The number of benzene rings is 2. The van der Waals surface area contributed by atoms with Crippen molar-refractivity contribution in [2.75, 3.05) is 12.0 Å². The predicted octanol–water partition coefficient (Wildman–Crippen LogP) is 2.70. The van der Waals surface area contributed by atoms with Crippen LogP contribution in [0.15, 0.2) is 48.5 Å². The molecule has 2 atom stereocenters. The van der Waals surface area contributed by atoms with Crippen LogP contribution >= 0.6 is 0 Å². The molecule has 0 saturated heterocycles. The Balaban J connectivity index is 2.01. The second-order valence-corrected chi connectivity index (χ2v) is 6.00. The topological polar surface area (TPSA) is 72.6 Å². The van der Waals surface area contributed by atoms with Gasteiger partial charge in [-0.1, -0.05) is 18.2 Å². The molecule has 24 heavy (non-hydrogen) atoms. The Morgan fingerprint density at radius 1 is 1.12 bits per heavy atom. The first-order chi connectivity index (χ1) is 11.5. The maximum absolute atomic E-state index is 13.0. The van der Waals surface area contributed by atoms with Crippen molar-refractivity contribution in [3.63, 3.8) is 0 Å². The van der Waals surface area contributed by atoms with Gasteiger partial charge in [-0.2, -0.15) is 0 Å². The highest BCUT2D eigenvalue weighted by atomic mass is 16.5. The Kier molecular flexibility index (Phi) is 4.25. The highest BCUT2D eigenvalue weighted by Gasteiger charge is 2.36. The number of hydrogen-bond acceptors (Lipinski definition) is 3. The van der Waals surface area contributed by atoms with Crippen molar-refractivity contribution < 1.29 is 14.3 Å². The fraction of sp³-hybridized carbons (Fsp3) is 0.263. The minimum atomic E-state index is -0.365. The Bertz CT molecular complexity index is 770. The number of hydrogen-bond donors (Lipinski definition) is 1. The summed E-state index contributed by atoms with van der Waals surface area (Å²) in [4.78, 5) is 26.5. The van der Waals surface area contributed by atoms with Crippen LogP contribution < -0.4 is 15.4 Å². The number of amides is 2. The molecular formula is C19H20N2O3. The van der Waals surface area contributed by atoms with Crippen molar-refractivity contribution >= 4 is 17.5 Å². The van der Waals surface area contributed by atoms with Crippen LogP contribution in [0.3, 0.4) is 0 Å². The fourth-order valence-corrected chi connectivity index (χ4v) is 3.26. The molecular weight excluding hydrogens is 304 g/mol. The summed E-state index contributed by atoms with van der Waals surface area (Å²) in [7, 11) is 1.59. The molecule has 0 bridgehead atoms. The number of methoxy groups -OCH3 is 1. The zero-order valence-electron chi connectivity index (χ0n) is 13.7. The Morgan fingerprint density at radius 3 is 2.42 bits per heavy atom. The first kappa shape index (κ1) is 16.1. The molecule has 0 saturated carbocycles. The van der Waals surface area contributed by atoms with Gasteiger partial charge in [-0.25, -0.2) is 0 Å². The summed E-state index contributed by atoms with van der Waals surface area (Å²) in [5.41, 5.74) is 7.69. The van der Waals surface area contributed by atoms with Crippen molar-refractivity contribution in [1.29, 1.82) is 0 Å². The smallest absolute Gasteiger partial charge is 0.258 e. The van der Waals surface area contributed by atoms with Gasteiger partial charge >= 0.3 is 0 Å². The molecule has 0 spiro atoms. The van der Waals surface area contributed by atoms with E-state index in [1.807, 2.05) is 31.2 Å². The van der Waals surface area contributed by atoms with E-state index >= 15 is 0 Å². The van der Waals surface area contributed by atoms with Gasteiger partial charge in [0.25, 0.3) is 5.91 Å². The van der Waals surface area contributed by atoms with Crippen LogP contribution in [0, 0.1) is 0 Å². The summed E-state index contributed by atoms with van der Waals surface area (Å²) < 4.78 is 5.14. The maximum Gasteiger partial charge on any atom is 0.258 e. The van der Waals surface area contributed by atoms with E-state index in [1.165, 1.54) is 0 Å². The van der Waals surface area contributed by atoms with Crippen LogP contribution in [0.25, 0.3) is 0 Å². The quantitative estimate of drug-likeness (QED) is 0.943. The predicted molar refractivity (Wildman–Crippen MR) is 92.3 cm³/mol. The number of nitrogens with zero attached hydrogens (tertiary/aromatic N) is 1. The van der Waals surface area contributed by atoms with Crippen molar-refractivity contribution in [2.45, 2.75) is 25.3 Å². The van der Waals surface area contributed by atoms with Crippen LogP contribution in [0.4, 0.5) is 5.69 Å². The summed E-state index contributed by atoms with van der Waals surface area (Å²) in [6.45, 7) is 1.94. The molecule has 0 fully saturated rings. The fourth-order valence-electron chi connectivity index (χ4n) is 3.26. The highest BCUT2D eigenvalue weighted by molar-refractivity contribution is 6.08. The standard InChI is InChI=1S/C19H20N2O3/c1-12-11-16(18(20)22)15-5-3-4-6-17(15)21(12)19(23)13-7-9-14(24-2)10-8-13/h3-10,12,16H,11H2,1-2H3,(H2,20,22)/t12-,16-/m1/s1. The van der Waals surface area contributed by atoms with Crippen molar-refractivity contribution in [1.82, 2.24) is 0 Å². The molecule has 2 aromatic carbocycles. The average Bonchev–Trinajstić information content (AvgIpc) is 2.60. The van der Waals surface area contributed by atoms with Crippen LogP contribution in [0.5, 0.6) is 5.75 Å². The molecule has 0 unspecified atom stereocenters. The number of anilines is 1. The van der Waals surface area contributed by atoms with E-state index in [0.29, 0.717) is 17.7 Å². The van der Waals surface area contributed by atoms with Crippen LogP contribution in [-0.4, -0.2) is 25.0 Å². The summed E-state index contributed by atoms with van der Waals surface area (Å²) in [6.07, 6.45) is 0.522. The lowest BCUT2D eigenvalue weighted by atomic mass is 9.85. The van der Waals surface area contributed by atoms with E-state index < -0.39 is 0 Å². The second-order valence-electron chi connectivity index (χ2n) is 6.00. The Morgan fingerprint density at radius 2 is 1.79 bits per heavy atom. The zero-order chi connectivity index (χ0) is 17.3. The molecule has 1 aliphatic rings. The third-order valence-corrected chi connectivity index (χ3v) is 4.49. The van der Waals surface area contributed by atoms with Crippen LogP contribution in [-0.2, 0) is 4.79 Å². The molecule has 1 aliphatic heterocycles. The van der Waals surface area contributed by atoms with Gasteiger partial charge in [0.05, 0.1) is 13.0 Å². The van der Waals surface area contributed by atoms with E-state index in [9.17, 15) is 9.59 Å². The minimum absolute atomic E-state index is 0.0967.